The van der Waals surface area contributed by atoms with Crippen LogP contribution in [0.5, 0.6) is 0 Å². The molecule has 8 nitrogen and oxygen atoms in total. The number of carbonyl (C=O) groups excluding carboxylic acids is 3. The molecule has 4 aliphatic rings. The fraction of sp³-hybridized carbons (Fsp3) is 0.514. The predicted molar refractivity (Wildman–Crippen MR) is 166 cm³/mol. The minimum atomic E-state index is -1.77. The Balaban J connectivity index is 1.38. The fourth-order valence-corrected chi connectivity index (χ4v) is 8.12. The van der Waals surface area contributed by atoms with Crippen LogP contribution in [0.2, 0.25) is 0 Å². The van der Waals surface area contributed by atoms with Crippen molar-refractivity contribution in [1.29, 1.82) is 0 Å². The van der Waals surface area contributed by atoms with Gasteiger partial charge in [0.25, 0.3) is 5.91 Å². The summed E-state index contributed by atoms with van der Waals surface area (Å²) in [5.41, 5.74) is 0.738. The van der Waals surface area contributed by atoms with E-state index in [4.69, 9.17) is 4.74 Å². The van der Waals surface area contributed by atoms with Crippen molar-refractivity contribution in [2.24, 2.45) is 11.8 Å². The third kappa shape index (κ3) is 4.85. The molecular formula is C35H42FN3O5. The molecule has 1 N–H and O–H groups in total. The molecule has 0 unspecified atom stereocenters. The number of hydrogen-bond donors (Lipinski definition) is 1. The van der Waals surface area contributed by atoms with Gasteiger partial charge in [-0.3, -0.25) is 14.4 Å². The summed E-state index contributed by atoms with van der Waals surface area (Å²) in [5.74, 6) is -1.93. The second-order valence-electron chi connectivity index (χ2n) is 13.2. The molecule has 2 saturated heterocycles. The lowest BCUT2D eigenvalue weighted by molar-refractivity contribution is -0.151. The van der Waals surface area contributed by atoms with Crippen LogP contribution in [0.4, 0.5) is 15.8 Å². The van der Waals surface area contributed by atoms with Crippen LogP contribution in [0.1, 0.15) is 63.1 Å². The molecule has 0 saturated carbocycles. The molecule has 0 radical (unpaired) electrons. The molecule has 9 heteroatoms. The Kier molecular flexibility index (Phi) is 7.91. The van der Waals surface area contributed by atoms with Crippen molar-refractivity contribution in [3.05, 3.63) is 71.8 Å². The van der Waals surface area contributed by atoms with E-state index >= 15 is 4.39 Å². The maximum Gasteiger partial charge on any atom is 0.264 e. The Morgan fingerprint density at radius 2 is 1.93 bits per heavy atom. The zero-order chi connectivity index (χ0) is 31.4. The molecule has 44 heavy (non-hydrogen) atoms. The number of alkyl halides is 1. The highest BCUT2D eigenvalue weighted by molar-refractivity contribution is 6.08. The van der Waals surface area contributed by atoms with Crippen molar-refractivity contribution >= 4 is 29.1 Å². The standard InChI is InChI=1S/C35H42FN3O5/c1-5-15-38-28-14-13-25(37-16-9-8-12-30(37)41)18-27(28)35(33(38)43)22(2)32(34(3,4)36)29(44-35)19-31(42)39-20-24-11-7-6-10-23(24)17-26(39)21-40/h5-7,10-11,13-14,18,22,26,29,32,40H,1,8-9,12,15-17,19-21H2,2-4H3/t22-,26-,29+,32-,35+/m0/s1. The van der Waals surface area contributed by atoms with E-state index in [-0.39, 0.29) is 37.3 Å². The molecular weight excluding hydrogens is 561 g/mol. The first-order valence-electron chi connectivity index (χ1n) is 15.7. The van der Waals surface area contributed by atoms with Gasteiger partial charge < -0.3 is 24.5 Å². The van der Waals surface area contributed by atoms with Crippen LogP contribution in [0.25, 0.3) is 0 Å². The van der Waals surface area contributed by atoms with E-state index in [1.165, 1.54) is 13.8 Å². The predicted octanol–water partition coefficient (Wildman–Crippen LogP) is 4.67. The van der Waals surface area contributed by atoms with Gasteiger partial charge in [-0.2, -0.15) is 0 Å². The van der Waals surface area contributed by atoms with E-state index in [1.807, 2.05) is 49.4 Å². The lowest BCUT2D eigenvalue weighted by atomic mass is 9.71. The van der Waals surface area contributed by atoms with Crippen LogP contribution in [0.3, 0.4) is 0 Å². The van der Waals surface area contributed by atoms with Gasteiger partial charge in [0, 0.05) is 49.1 Å². The number of rotatable bonds is 7. The Labute approximate surface area is 258 Å². The third-order valence-corrected chi connectivity index (χ3v) is 10.2. The van der Waals surface area contributed by atoms with Crippen LogP contribution in [0, 0.1) is 11.8 Å². The van der Waals surface area contributed by atoms with E-state index < -0.39 is 35.3 Å². The largest absolute Gasteiger partial charge is 0.394 e. The zero-order valence-corrected chi connectivity index (χ0v) is 25.8. The van der Waals surface area contributed by atoms with E-state index in [9.17, 15) is 19.5 Å². The molecule has 0 aliphatic carbocycles. The zero-order valence-electron chi connectivity index (χ0n) is 25.8. The molecule has 4 heterocycles. The van der Waals surface area contributed by atoms with Crippen LogP contribution >= 0.6 is 0 Å². The van der Waals surface area contributed by atoms with Crippen LogP contribution in [-0.2, 0) is 37.7 Å². The Hall–Kier alpha value is -3.56. The van der Waals surface area contributed by atoms with Gasteiger partial charge in [-0.1, -0.05) is 37.3 Å². The number of piperidine rings is 1. The van der Waals surface area contributed by atoms with Crippen molar-refractivity contribution in [2.45, 2.75) is 82.8 Å². The van der Waals surface area contributed by atoms with Crippen molar-refractivity contribution in [1.82, 2.24) is 4.90 Å². The number of hydrogen-bond acceptors (Lipinski definition) is 5. The highest BCUT2D eigenvalue weighted by atomic mass is 19.1. The molecule has 1 spiro atoms. The molecule has 234 valence electrons. The number of carbonyl (C=O) groups is 3. The Bertz CT molecular complexity index is 1490. The molecule has 4 aliphatic heterocycles. The second-order valence-corrected chi connectivity index (χ2v) is 13.2. The maximum atomic E-state index is 16.2. The van der Waals surface area contributed by atoms with Crippen LogP contribution in [-0.4, -0.2) is 65.2 Å². The Morgan fingerprint density at radius 1 is 1.18 bits per heavy atom. The first-order valence-corrected chi connectivity index (χ1v) is 15.7. The number of ether oxygens (including phenoxy) is 1. The van der Waals surface area contributed by atoms with Crippen molar-refractivity contribution in [3.63, 3.8) is 0 Å². The number of fused-ring (bicyclic) bond motifs is 3. The van der Waals surface area contributed by atoms with E-state index in [0.29, 0.717) is 42.9 Å². The topological polar surface area (TPSA) is 90.4 Å². The fourth-order valence-electron chi connectivity index (χ4n) is 8.12. The highest BCUT2D eigenvalue weighted by Gasteiger charge is 2.66. The van der Waals surface area contributed by atoms with Gasteiger partial charge in [0.2, 0.25) is 11.8 Å². The van der Waals surface area contributed by atoms with Gasteiger partial charge in [0.05, 0.1) is 30.9 Å². The first-order chi connectivity index (χ1) is 21.0. The summed E-state index contributed by atoms with van der Waals surface area (Å²) in [4.78, 5) is 46.2. The first kappa shape index (κ1) is 30.5. The average molecular weight is 604 g/mol. The summed E-state index contributed by atoms with van der Waals surface area (Å²) >= 11 is 0. The smallest absolute Gasteiger partial charge is 0.264 e. The SMILES string of the molecule is C=CCN1C(=O)[C@]2(O[C@H](CC(=O)N3Cc4ccccc4C[C@H]3CO)[C@@H](C(C)(C)F)[C@@H]2C)c2cc(N3CCCCC3=O)ccc21. The molecule has 2 aromatic rings. The summed E-state index contributed by atoms with van der Waals surface area (Å²) in [5, 5.41) is 10.2. The van der Waals surface area contributed by atoms with Crippen molar-refractivity contribution in [3.8, 4) is 0 Å². The minimum absolute atomic E-state index is 0.0330. The van der Waals surface area contributed by atoms with Crippen molar-refractivity contribution < 1.29 is 28.6 Å². The summed E-state index contributed by atoms with van der Waals surface area (Å²) in [6.07, 6.45) is 3.35. The molecule has 2 fully saturated rings. The second kappa shape index (κ2) is 11.4. The number of benzene rings is 2. The van der Waals surface area contributed by atoms with E-state index in [1.54, 1.807) is 20.8 Å². The normalized spacial score (nSPS) is 28.4. The number of anilines is 2. The van der Waals surface area contributed by atoms with Gasteiger partial charge in [-0.25, -0.2) is 4.39 Å². The average Bonchev–Trinajstić information content (AvgIpc) is 3.42. The summed E-state index contributed by atoms with van der Waals surface area (Å²) in [6.45, 7) is 9.62. The third-order valence-electron chi connectivity index (χ3n) is 10.2. The number of aliphatic hydroxyl groups is 1. The molecule has 3 amide bonds. The number of aliphatic hydroxyl groups excluding tert-OH is 1. The molecule has 0 aromatic heterocycles. The lowest BCUT2D eigenvalue weighted by Gasteiger charge is -2.37. The van der Waals surface area contributed by atoms with Gasteiger partial charge in [0.1, 0.15) is 5.67 Å². The number of halogens is 1. The molecule has 0 bridgehead atoms. The molecule has 2 aromatic carbocycles. The molecule has 5 atom stereocenters. The van der Waals surface area contributed by atoms with Crippen LogP contribution in [0.15, 0.2) is 55.1 Å². The number of amides is 3. The minimum Gasteiger partial charge on any atom is -0.394 e. The Morgan fingerprint density at radius 3 is 2.61 bits per heavy atom. The van der Waals surface area contributed by atoms with Gasteiger partial charge in [0.15, 0.2) is 5.60 Å². The van der Waals surface area contributed by atoms with Crippen molar-refractivity contribution in [2.75, 3.05) is 29.5 Å². The summed E-state index contributed by atoms with van der Waals surface area (Å²) < 4.78 is 23.0. The van der Waals surface area contributed by atoms with Gasteiger partial charge in [-0.15, -0.1) is 6.58 Å². The number of nitrogens with zero attached hydrogens (tertiary/aromatic N) is 3. The summed E-state index contributed by atoms with van der Waals surface area (Å²) in [6, 6.07) is 13.0. The van der Waals surface area contributed by atoms with E-state index in [0.717, 1.165) is 24.0 Å². The maximum absolute atomic E-state index is 16.2. The monoisotopic (exact) mass is 603 g/mol. The summed E-state index contributed by atoms with van der Waals surface area (Å²) in [7, 11) is 0. The molecule has 6 rings (SSSR count). The van der Waals surface area contributed by atoms with E-state index in [2.05, 4.69) is 6.58 Å². The van der Waals surface area contributed by atoms with Gasteiger partial charge in [-0.05, 0) is 62.4 Å². The van der Waals surface area contributed by atoms with Gasteiger partial charge >= 0.3 is 0 Å². The highest BCUT2D eigenvalue weighted by Crippen LogP contribution is 2.59. The van der Waals surface area contributed by atoms with Crippen LogP contribution < -0.4 is 9.80 Å². The lowest BCUT2D eigenvalue weighted by Crippen LogP contribution is -2.48. The quantitative estimate of drug-likeness (QED) is 0.465.